The maximum absolute atomic E-state index is 14.7. The molecule has 4 aliphatic rings. The number of anilines is 1. The predicted octanol–water partition coefficient (Wildman–Crippen LogP) is 6.70. The van der Waals surface area contributed by atoms with E-state index < -0.39 is 22.2 Å². The summed E-state index contributed by atoms with van der Waals surface area (Å²) in [5.41, 5.74) is 4.04. The normalized spacial score (nSPS) is 23.7. The Bertz CT molecular complexity index is 1950. The molecular formula is C35H23N3O4. The van der Waals surface area contributed by atoms with Gasteiger partial charge in [-0.15, -0.1) is 0 Å². The van der Waals surface area contributed by atoms with Gasteiger partial charge in [0, 0.05) is 29.7 Å². The summed E-state index contributed by atoms with van der Waals surface area (Å²) in [4.78, 5) is 46.2. The van der Waals surface area contributed by atoms with Crippen LogP contribution in [0.3, 0.4) is 0 Å². The molecule has 2 bridgehead atoms. The number of carbonyl (C=O) groups is 2. The molecule has 3 aliphatic carbocycles. The van der Waals surface area contributed by atoms with Gasteiger partial charge in [-0.05, 0) is 45.8 Å². The standard InChI is InChI=1S/C35H23N3O4/c39-33-31-30-25-11-3-5-13-27(25)35(28-14-6-4-12-26(28)30,20-36-22-16-18-23(19-17-22)38(41)42)32(31)34(40)37(33)29-15-7-9-21-8-1-2-10-24(21)29/h1-20,30-32H/t30?,31-,32+,35?/m0/s1. The van der Waals surface area contributed by atoms with E-state index in [1.165, 1.54) is 17.0 Å². The van der Waals surface area contributed by atoms with Gasteiger partial charge in [0.25, 0.3) is 5.69 Å². The lowest BCUT2D eigenvalue weighted by Crippen LogP contribution is -2.54. The molecule has 42 heavy (non-hydrogen) atoms. The van der Waals surface area contributed by atoms with E-state index in [0.717, 1.165) is 33.0 Å². The zero-order valence-electron chi connectivity index (χ0n) is 22.3. The second-order valence-corrected chi connectivity index (χ2v) is 11.1. The lowest BCUT2D eigenvalue weighted by atomic mass is 9.47. The molecule has 7 nitrogen and oxygen atoms in total. The molecule has 2 amide bonds. The summed E-state index contributed by atoms with van der Waals surface area (Å²) in [6.07, 6.45) is 1.80. The quantitative estimate of drug-likeness (QED) is 0.108. The molecule has 1 aliphatic heterocycles. The fourth-order valence-electron chi connectivity index (χ4n) is 7.53. The molecule has 0 saturated carbocycles. The van der Waals surface area contributed by atoms with E-state index in [2.05, 4.69) is 12.1 Å². The third-order valence-electron chi connectivity index (χ3n) is 9.17. The maximum Gasteiger partial charge on any atom is 0.269 e. The summed E-state index contributed by atoms with van der Waals surface area (Å²) in [5.74, 6) is -2.03. The minimum absolute atomic E-state index is 0.0247. The monoisotopic (exact) mass is 549 g/mol. The molecule has 2 atom stereocenters. The number of hydrogen-bond donors (Lipinski definition) is 0. The number of aliphatic imine (C=N–C) groups is 1. The third-order valence-corrected chi connectivity index (χ3v) is 9.17. The van der Waals surface area contributed by atoms with Gasteiger partial charge in [0.2, 0.25) is 11.8 Å². The first-order valence-electron chi connectivity index (χ1n) is 13.8. The van der Waals surface area contributed by atoms with Gasteiger partial charge in [0.1, 0.15) is 0 Å². The number of rotatable bonds is 4. The molecule has 1 saturated heterocycles. The minimum Gasteiger partial charge on any atom is -0.274 e. The maximum atomic E-state index is 14.7. The minimum atomic E-state index is -1.01. The summed E-state index contributed by atoms with van der Waals surface area (Å²) >= 11 is 0. The number of non-ortho nitro benzene ring substituents is 1. The summed E-state index contributed by atoms with van der Waals surface area (Å²) in [6.45, 7) is 0. The molecule has 5 aromatic carbocycles. The van der Waals surface area contributed by atoms with Crippen molar-refractivity contribution in [1.82, 2.24) is 0 Å². The van der Waals surface area contributed by atoms with Crippen LogP contribution in [0.2, 0.25) is 0 Å². The van der Waals surface area contributed by atoms with Crippen LogP contribution in [-0.2, 0) is 15.0 Å². The van der Waals surface area contributed by atoms with Crippen molar-refractivity contribution < 1.29 is 14.5 Å². The molecule has 7 heteroatoms. The van der Waals surface area contributed by atoms with Crippen LogP contribution in [0.4, 0.5) is 17.1 Å². The van der Waals surface area contributed by atoms with E-state index in [1.807, 2.05) is 78.9 Å². The molecule has 0 radical (unpaired) electrons. The number of fused-ring (bicyclic) bond motifs is 1. The molecule has 202 valence electrons. The third kappa shape index (κ3) is 3.13. The van der Waals surface area contributed by atoms with Crippen LogP contribution in [0.25, 0.3) is 10.8 Å². The Hall–Kier alpha value is -5.43. The Morgan fingerprint density at radius 1 is 0.738 bits per heavy atom. The van der Waals surface area contributed by atoms with E-state index in [9.17, 15) is 19.7 Å². The summed E-state index contributed by atoms with van der Waals surface area (Å²) in [7, 11) is 0. The number of nitro groups is 1. The van der Waals surface area contributed by atoms with Crippen molar-refractivity contribution >= 4 is 45.9 Å². The van der Waals surface area contributed by atoms with Gasteiger partial charge < -0.3 is 0 Å². The number of carbonyl (C=O) groups excluding carboxylic acids is 2. The highest BCUT2D eigenvalue weighted by Crippen LogP contribution is 2.64. The van der Waals surface area contributed by atoms with Gasteiger partial charge in [-0.2, -0.15) is 0 Å². The molecule has 1 heterocycles. The smallest absolute Gasteiger partial charge is 0.269 e. The molecule has 5 aromatic rings. The van der Waals surface area contributed by atoms with Gasteiger partial charge in [-0.3, -0.25) is 24.7 Å². The highest BCUT2D eigenvalue weighted by atomic mass is 16.6. The SMILES string of the molecule is O=C1[C@H]2C3c4ccccc4C(C=Nc4ccc([N+](=O)[O-])cc4)(c4ccccc43)[C@H]2C(=O)N1c1cccc2ccccc12. The first-order chi connectivity index (χ1) is 20.5. The van der Waals surface area contributed by atoms with E-state index >= 15 is 0 Å². The molecule has 1 fully saturated rings. The average Bonchev–Trinajstić information content (AvgIpc) is 3.30. The number of nitrogens with zero attached hydrogens (tertiary/aromatic N) is 3. The van der Waals surface area contributed by atoms with E-state index in [0.29, 0.717) is 11.4 Å². The highest BCUT2D eigenvalue weighted by Gasteiger charge is 2.68. The highest BCUT2D eigenvalue weighted by molar-refractivity contribution is 6.27. The molecule has 9 rings (SSSR count). The van der Waals surface area contributed by atoms with Gasteiger partial charge in [-0.25, -0.2) is 4.90 Å². The van der Waals surface area contributed by atoms with Crippen LogP contribution in [-0.4, -0.2) is 23.0 Å². The second-order valence-electron chi connectivity index (χ2n) is 11.1. The van der Waals surface area contributed by atoms with E-state index in [4.69, 9.17) is 4.99 Å². The van der Waals surface area contributed by atoms with E-state index in [1.54, 1.807) is 18.3 Å². The molecule has 0 spiro atoms. The van der Waals surface area contributed by atoms with Crippen LogP contribution >= 0.6 is 0 Å². The summed E-state index contributed by atoms with van der Waals surface area (Å²) in [6, 6.07) is 35.5. The second kappa shape index (κ2) is 8.78. The molecule has 0 N–H and O–H groups in total. The number of nitro benzene ring substituents is 1. The fourth-order valence-corrected chi connectivity index (χ4v) is 7.53. The Labute approximate surface area is 240 Å². The number of amides is 2. The largest absolute Gasteiger partial charge is 0.274 e. The van der Waals surface area contributed by atoms with Crippen molar-refractivity contribution in [2.24, 2.45) is 16.8 Å². The molecule has 0 unspecified atom stereocenters. The topological polar surface area (TPSA) is 92.9 Å². The van der Waals surface area contributed by atoms with Gasteiger partial charge in [-0.1, -0.05) is 84.9 Å². The Kier molecular flexibility index (Phi) is 5.10. The van der Waals surface area contributed by atoms with Crippen molar-refractivity contribution in [1.29, 1.82) is 0 Å². The van der Waals surface area contributed by atoms with Crippen molar-refractivity contribution in [2.45, 2.75) is 11.3 Å². The number of hydrogen-bond acceptors (Lipinski definition) is 5. The lowest BCUT2D eigenvalue weighted by Gasteiger charge is -2.52. The lowest BCUT2D eigenvalue weighted by molar-refractivity contribution is -0.384. The summed E-state index contributed by atoms with van der Waals surface area (Å²) in [5, 5.41) is 13.0. The van der Waals surface area contributed by atoms with Crippen molar-refractivity contribution in [3.05, 3.63) is 148 Å². The van der Waals surface area contributed by atoms with Gasteiger partial charge >= 0.3 is 0 Å². The first kappa shape index (κ1) is 24.4. The molecular weight excluding hydrogens is 526 g/mol. The van der Waals surface area contributed by atoms with Crippen LogP contribution < -0.4 is 4.90 Å². The predicted molar refractivity (Wildman–Crippen MR) is 160 cm³/mol. The Morgan fingerprint density at radius 2 is 1.36 bits per heavy atom. The van der Waals surface area contributed by atoms with E-state index in [-0.39, 0.29) is 23.4 Å². The summed E-state index contributed by atoms with van der Waals surface area (Å²) < 4.78 is 0. The van der Waals surface area contributed by atoms with Crippen LogP contribution in [0.1, 0.15) is 28.2 Å². The van der Waals surface area contributed by atoms with Gasteiger partial charge in [0.05, 0.1) is 33.5 Å². The first-order valence-corrected chi connectivity index (χ1v) is 13.8. The Morgan fingerprint density at radius 3 is 2.05 bits per heavy atom. The van der Waals surface area contributed by atoms with Crippen molar-refractivity contribution in [3.8, 4) is 0 Å². The fraction of sp³-hybridized carbons (Fsp3) is 0.114. The number of imide groups is 1. The average molecular weight is 550 g/mol. The van der Waals surface area contributed by atoms with Crippen LogP contribution in [0.5, 0.6) is 0 Å². The zero-order valence-corrected chi connectivity index (χ0v) is 22.3. The Balaban J connectivity index is 1.37. The number of benzene rings is 5. The van der Waals surface area contributed by atoms with Crippen molar-refractivity contribution in [3.63, 3.8) is 0 Å². The van der Waals surface area contributed by atoms with Crippen molar-refractivity contribution in [2.75, 3.05) is 4.90 Å². The van der Waals surface area contributed by atoms with Crippen LogP contribution in [0.15, 0.2) is 120 Å². The van der Waals surface area contributed by atoms with Crippen LogP contribution in [0, 0.1) is 22.0 Å². The molecule has 0 aromatic heterocycles. The van der Waals surface area contributed by atoms with Gasteiger partial charge in [0.15, 0.2) is 0 Å². The zero-order chi connectivity index (χ0) is 28.6.